The van der Waals surface area contributed by atoms with E-state index in [-0.39, 0.29) is 43.1 Å². The number of aromatic nitrogens is 1. The molecule has 0 saturated heterocycles. The number of hydrogen-bond acceptors (Lipinski definition) is 28. The first-order valence-electron chi connectivity index (χ1n) is 30.2. The standard InChI is InChI=1S/C58H88N8O27S3/c1-28(4-14-47(78)79)39(70)20-32(7-12-45(76)59-22-41(72)49(82)51(84)43(74)24-67)54(87)63-36(11-15-48(80)81)40(71)21-33(8-13-46(77)60-23-42(73)50(83)52(85)44(75)25-68)55(88)64-38(57(90)91)27-96-95-17-16-93-58(92)66-65-53(86)29(2)18-34(19-31-5-9-35(69)10-6-31)62-56(89)37-26-94-30(3)61-37/h5-6,9-10,26,28-29,32-34,36,38,41-44,49-52,67-69,72-75,82-85H,4,7-8,11-25,27H2,1-3H3,(H,59,76)(H,60,77)(H,62,89)(H,63,87)(H,64,88)(H,65,86)(H,66,92)(H,78,79)(H,80,81)(H,90,91)/t28-,29+,32-,33-,34-,36-,38-,41+,42+,43-,44-,49-,50-,51-,52-/m1/s1. The van der Waals surface area contributed by atoms with Crippen LogP contribution in [0, 0.1) is 30.6 Å². The van der Waals surface area contributed by atoms with Gasteiger partial charge in [0.1, 0.15) is 66.5 Å². The normalized spacial score (nSPS) is 16.1. The number of thiazole rings is 1. The molecule has 2 aromatic rings. The number of nitrogens with zero attached hydrogens (tertiary/aromatic N) is 1. The summed E-state index contributed by atoms with van der Waals surface area (Å²) in [6.07, 6.45) is -22.8. The molecule has 7 amide bonds. The van der Waals surface area contributed by atoms with E-state index in [0.29, 0.717) is 5.01 Å². The number of carbonyl (C=O) groups is 12. The van der Waals surface area contributed by atoms with Gasteiger partial charge in [0.05, 0.1) is 36.5 Å². The van der Waals surface area contributed by atoms with Gasteiger partial charge in [0.25, 0.3) is 5.91 Å². The van der Waals surface area contributed by atoms with Gasteiger partial charge >= 0.3 is 24.0 Å². The molecule has 0 unspecified atom stereocenters. The molecular weight excluding hydrogens is 1340 g/mol. The van der Waals surface area contributed by atoms with Crippen LogP contribution in [0.4, 0.5) is 4.79 Å². The number of ether oxygens (including phenoxy) is 1. The summed E-state index contributed by atoms with van der Waals surface area (Å²) >= 11 is 1.28. The van der Waals surface area contributed by atoms with Gasteiger partial charge in [0.2, 0.25) is 29.5 Å². The number of benzene rings is 1. The Balaban J connectivity index is 2.26. The molecule has 38 heteroatoms. The number of Topliss-reactive ketones (excluding diaryl/α,β-unsaturated/α-hetero) is 2. The second-order valence-corrected chi connectivity index (χ2v) is 26.2. The molecule has 0 radical (unpaired) electrons. The number of amides is 7. The molecule has 0 fully saturated rings. The molecule has 0 aliphatic rings. The van der Waals surface area contributed by atoms with Gasteiger partial charge in [-0.1, -0.05) is 47.6 Å². The first kappa shape index (κ1) is 84.9. The van der Waals surface area contributed by atoms with Crippen molar-refractivity contribution in [2.24, 2.45) is 23.7 Å². The van der Waals surface area contributed by atoms with Crippen LogP contribution in [-0.2, 0) is 59.1 Å². The number of aliphatic hydroxyl groups is 10. The quantitative estimate of drug-likeness (QED) is 0.0170. The fourth-order valence-electron chi connectivity index (χ4n) is 8.90. The Labute approximate surface area is 562 Å². The predicted octanol–water partition coefficient (Wildman–Crippen LogP) is -4.10. The maximum absolute atomic E-state index is 14.3. The zero-order valence-corrected chi connectivity index (χ0v) is 55.2. The summed E-state index contributed by atoms with van der Waals surface area (Å²) in [6, 6.07) is 2.11. The second kappa shape index (κ2) is 44.6. The van der Waals surface area contributed by atoms with Crippen molar-refractivity contribution in [1.82, 2.24) is 42.4 Å². The van der Waals surface area contributed by atoms with Gasteiger partial charge in [-0.05, 0) is 63.1 Å². The Hall–Kier alpha value is -7.21. The molecule has 1 heterocycles. The van der Waals surface area contributed by atoms with E-state index in [9.17, 15) is 119 Å². The lowest BCUT2D eigenvalue weighted by Gasteiger charge is -2.26. The number of carboxylic acid groups (broad SMARTS) is 3. The summed E-state index contributed by atoms with van der Waals surface area (Å²) in [6.45, 7) is 0.816. The highest BCUT2D eigenvalue weighted by Crippen LogP contribution is 2.25. The van der Waals surface area contributed by atoms with E-state index in [1.165, 1.54) is 30.4 Å². The van der Waals surface area contributed by atoms with E-state index in [1.807, 2.05) is 0 Å². The van der Waals surface area contributed by atoms with Gasteiger partial charge in [-0.15, -0.1) is 11.3 Å². The third kappa shape index (κ3) is 32.7. The molecule has 2 rings (SSSR count). The molecule has 1 aromatic heterocycles. The summed E-state index contributed by atoms with van der Waals surface area (Å²) in [5.74, 6) is -16.7. The molecule has 21 N–H and O–H groups in total. The van der Waals surface area contributed by atoms with Crippen LogP contribution >= 0.6 is 32.9 Å². The lowest BCUT2D eigenvalue weighted by atomic mass is 9.88. The van der Waals surface area contributed by atoms with Crippen molar-refractivity contribution in [3.63, 3.8) is 0 Å². The third-order valence-electron chi connectivity index (χ3n) is 14.7. The number of nitrogens with one attached hydrogen (secondary N) is 7. The van der Waals surface area contributed by atoms with Gasteiger partial charge in [-0.3, -0.25) is 53.4 Å². The minimum absolute atomic E-state index is 0.00826. The highest BCUT2D eigenvalue weighted by Gasteiger charge is 2.36. The smallest absolute Gasteiger partial charge is 0.426 e. The van der Waals surface area contributed by atoms with E-state index >= 15 is 0 Å². The van der Waals surface area contributed by atoms with Gasteiger partial charge < -0.3 is 103 Å². The molecule has 0 saturated carbocycles. The Morgan fingerprint density at radius 3 is 1.57 bits per heavy atom. The average molecular weight is 1430 g/mol. The number of aryl methyl sites for hydroxylation is 1. The summed E-state index contributed by atoms with van der Waals surface area (Å²) in [5.41, 5.74) is 5.28. The minimum atomic E-state index is -2.10. The number of phenols is 1. The first-order chi connectivity index (χ1) is 45.2. The number of rotatable bonds is 48. The molecule has 0 bridgehead atoms. The Morgan fingerprint density at radius 1 is 0.583 bits per heavy atom. The number of aliphatic hydroxyl groups excluding tert-OH is 10. The van der Waals surface area contributed by atoms with E-state index in [2.05, 4.69) is 42.4 Å². The largest absolute Gasteiger partial charge is 0.508 e. The summed E-state index contributed by atoms with van der Waals surface area (Å²) in [7, 11) is 1.84. The molecule has 540 valence electrons. The topological polar surface area (TPSA) is 594 Å². The summed E-state index contributed by atoms with van der Waals surface area (Å²) in [5, 5.41) is 151. The monoisotopic (exact) mass is 1420 g/mol. The van der Waals surface area contributed by atoms with Crippen molar-refractivity contribution < 1.29 is 134 Å². The van der Waals surface area contributed by atoms with Gasteiger partial charge in [-0.2, -0.15) is 0 Å². The molecule has 0 aliphatic heterocycles. The molecule has 0 spiro atoms. The van der Waals surface area contributed by atoms with Gasteiger partial charge in [-0.25, -0.2) is 20.0 Å². The zero-order chi connectivity index (χ0) is 72.4. The van der Waals surface area contributed by atoms with Crippen LogP contribution in [0.25, 0.3) is 0 Å². The van der Waals surface area contributed by atoms with Crippen LogP contribution in [0.1, 0.15) is 106 Å². The van der Waals surface area contributed by atoms with E-state index in [0.717, 1.165) is 27.2 Å². The molecule has 15 atom stereocenters. The number of aromatic hydroxyl groups is 1. The Bertz CT molecular complexity index is 2860. The number of aliphatic carboxylic acids is 3. The fraction of sp³-hybridized carbons (Fsp3) is 0.638. The number of hydrazine groups is 1. The van der Waals surface area contributed by atoms with Crippen molar-refractivity contribution in [3.8, 4) is 5.75 Å². The van der Waals surface area contributed by atoms with Gasteiger partial charge in [0, 0.05) is 98.2 Å². The number of ketones is 2. The maximum Gasteiger partial charge on any atom is 0.426 e. The van der Waals surface area contributed by atoms with E-state index in [4.69, 9.17) is 14.9 Å². The lowest BCUT2D eigenvalue weighted by molar-refractivity contribution is -0.142. The second-order valence-electron chi connectivity index (χ2n) is 22.5. The highest BCUT2D eigenvalue weighted by molar-refractivity contribution is 8.76. The average Bonchev–Trinajstić information content (AvgIpc) is 1.73. The first-order valence-corrected chi connectivity index (χ1v) is 33.5. The molecule has 96 heavy (non-hydrogen) atoms. The third-order valence-corrected chi connectivity index (χ3v) is 17.9. The summed E-state index contributed by atoms with van der Waals surface area (Å²) < 4.78 is 5.10. The Morgan fingerprint density at radius 2 is 1.08 bits per heavy atom. The number of hydrogen-bond donors (Lipinski definition) is 21. The maximum atomic E-state index is 14.3. The number of carbonyl (C=O) groups excluding carboxylic acids is 9. The SMILES string of the molecule is Cc1nc(C(=O)N[C@@H](Cc2ccc(O)cc2)C[C@H](C)C(=O)NNC(=O)OCCSSC[C@@H](NC(=O)[C@H](CCC(=O)NC[C@H](O)[C@@H](O)[C@H](O)[C@H](O)CO)CC(=O)[C@@H](CCC(=O)O)NC(=O)[C@H](CCC(=O)NC[C@H](O)[C@@H](O)[C@H](O)[C@H](O)CO)CC(=O)[C@H](C)CCC(=O)O)C(=O)O)cs1. The number of phenolic OH excluding ortho intramolecular Hbond substituents is 1. The van der Waals surface area contributed by atoms with Gasteiger partial charge in [0.15, 0.2) is 5.78 Å². The van der Waals surface area contributed by atoms with Crippen LogP contribution < -0.4 is 37.4 Å². The van der Waals surface area contributed by atoms with Crippen LogP contribution in [-0.4, -0.2) is 259 Å². The van der Waals surface area contributed by atoms with Crippen molar-refractivity contribution >= 4 is 104 Å². The lowest BCUT2D eigenvalue weighted by Crippen LogP contribution is -2.50. The van der Waals surface area contributed by atoms with Crippen molar-refractivity contribution in [1.29, 1.82) is 0 Å². The Kier molecular flexibility index (Phi) is 39.4. The molecular formula is C58H88N8O27S3. The molecule has 1 aromatic carbocycles. The number of carboxylic acids is 3. The van der Waals surface area contributed by atoms with E-state index in [1.54, 1.807) is 31.4 Å². The van der Waals surface area contributed by atoms with E-state index < -0.39 is 251 Å². The predicted molar refractivity (Wildman–Crippen MR) is 339 cm³/mol. The van der Waals surface area contributed by atoms with Crippen molar-refractivity contribution in [2.75, 3.05) is 44.4 Å². The van der Waals surface area contributed by atoms with Crippen LogP contribution in [0.3, 0.4) is 0 Å². The fourth-order valence-corrected chi connectivity index (χ4v) is 11.5. The molecule has 0 aliphatic carbocycles. The summed E-state index contributed by atoms with van der Waals surface area (Å²) in [4.78, 5) is 160. The minimum Gasteiger partial charge on any atom is -0.508 e. The van der Waals surface area contributed by atoms with Crippen LogP contribution in [0.2, 0.25) is 0 Å². The molecule has 35 nitrogen and oxygen atoms in total. The highest BCUT2D eigenvalue weighted by atomic mass is 33.1. The van der Waals surface area contributed by atoms with Crippen molar-refractivity contribution in [2.45, 2.75) is 165 Å². The zero-order valence-electron chi connectivity index (χ0n) is 52.7. The van der Waals surface area contributed by atoms with Crippen LogP contribution in [0.5, 0.6) is 5.75 Å². The van der Waals surface area contributed by atoms with Crippen molar-refractivity contribution in [3.05, 3.63) is 45.9 Å². The van der Waals surface area contributed by atoms with Crippen LogP contribution in [0.15, 0.2) is 29.6 Å².